The van der Waals surface area contributed by atoms with Crippen LogP contribution in [0.3, 0.4) is 0 Å². The molecule has 2 saturated heterocycles. The van der Waals surface area contributed by atoms with Crippen LogP contribution in [0.1, 0.15) is 38.5 Å². The first kappa shape index (κ1) is 15.7. The molecule has 0 aromatic carbocycles. The normalized spacial score (nSPS) is 34.2. The van der Waals surface area contributed by atoms with Crippen molar-refractivity contribution < 1.29 is 19.4 Å². The van der Waals surface area contributed by atoms with Crippen molar-refractivity contribution in [1.29, 1.82) is 0 Å². The number of methoxy groups -OCH3 is 1. The minimum atomic E-state index is -0.815. The summed E-state index contributed by atoms with van der Waals surface area (Å²) in [7, 11) is 1.63. The zero-order chi connectivity index (χ0) is 15.8. The predicted molar refractivity (Wildman–Crippen MR) is 80.0 cm³/mol. The van der Waals surface area contributed by atoms with E-state index in [0.717, 1.165) is 25.7 Å². The lowest BCUT2D eigenvalue weighted by molar-refractivity contribution is -0.165. The zero-order valence-electron chi connectivity index (χ0n) is 13.3. The molecular weight excluding hydrogens is 284 g/mol. The highest BCUT2D eigenvalue weighted by Gasteiger charge is 2.54. The van der Waals surface area contributed by atoms with Gasteiger partial charge in [0.25, 0.3) is 0 Å². The van der Waals surface area contributed by atoms with Crippen molar-refractivity contribution in [1.82, 2.24) is 10.2 Å². The fourth-order valence-electron chi connectivity index (χ4n) is 4.25. The molecule has 0 aromatic heterocycles. The smallest absolute Gasteiger partial charge is 0.231 e. The van der Waals surface area contributed by atoms with Gasteiger partial charge in [-0.05, 0) is 32.1 Å². The third kappa shape index (κ3) is 2.33. The first-order valence-electron chi connectivity index (χ1n) is 8.29. The van der Waals surface area contributed by atoms with E-state index in [-0.39, 0.29) is 11.8 Å². The molecule has 3 rings (SSSR count). The summed E-state index contributed by atoms with van der Waals surface area (Å²) in [5.41, 5.74) is -1.21. The number of aliphatic hydroxyl groups is 1. The molecule has 2 aliphatic heterocycles. The average molecular weight is 310 g/mol. The standard InChI is InChI=1S/C16H26N2O4/c1-22-11-15(5-2-6-15)14(21)18-9-4-12(19)16(10-18)7-3-8-17-13(16)20/h12,19H,2-11H2,1H3,(H,17,20)/t12?,16-/m1/s1. The van der Waals surface area contributed by atoms with Crippen LogP contribution in [0.2, 0.25) is 0 Å². The lowest BCUT2D eigenvalue weighted by Gasteiger charge is -2.50. The molecule has 1 aliphatic carbocycles. The minimum Gasteiger partial charge on any atom is -0.392 e. The Kier molecular flexibility index (Phi) is 4.16. The monoisotopic (exact) mass is 310 g/mol. The summed E-state index contributed by atoms with van der Waals surface area (Å²) >= 11 is 0. The first-order chi connectivity index (χ1) is 10.5. The maximum Gasteiger partial charge on any atom is 0.231 e. The number of aliphatic hydroxyl groups excluding tert-OH is 1. The van der Waals surface area contributed by atoms with Gasteiger partial charge in [-0.3, -0.25) is 9.59 Å². The van der Waals surface area contributed by atoms with Crippen LogP contribution in [0.4, 0.5) is 0 Å². The van der Waals surface area contributed by atoms with Gasteiger partial charge in [0.15, 0.2) is 0 Å². The summed E-state index contributed by atoms with van der Waals surface area (Å²) < 4.78 is 5.26. The van der Waals surface area contributed by atoms with E-state index >= 15 is 0 Å². The van der Waals surface area contributed by atoms with E-state index in [4.69, 9.17) is 4.74 Å². The van der Waals surface area contributed by atoms with Crippen LogP contribution in [-0.4, -0.2) is 61.3 Å². The first-order valence-corrected chi connectivity index (χ1v) is 8.29. The summed E-state index contributed by atoms with van der Waals surface area (Å²) in [6, 6.07) is 0. The largest absolute Gasteiger partial charge is 0.392 e. The Morgan fingerprint density at radius 2 is 2.18 bits per heavy atom. The van der Waals surface area contributed by atoms with Crippen molar-refractivity contribution >= 4 is 11.8 Å². The van der Waals surface area contributed by atoms with Gasteiger partial charge < -0.3 is 20.1 Å². The Hall–Kier alpha value is -1.14. The van der Waals surface area contributed by atoms with Gasteiger partial charge in [-0.25, -0.2) is 0 Å². The number of nitrogens with one attached hydrogen (secondary N) is 1. The molecule has 2 heterocycles. The molecule has 6 nitrogen and oxygen atoms in total. The number of carbonyl (C=O) groups is 2. The molecule has 6 heteroatoms. The Morgan fingerprint density at radius 3 is 2.77 bits per heavy atom. The summed E-state index contributed by atoms with van der Waals surface area (Å²) in [5, 5.41) is 13.3. The molecule has 2 atom stereocenters. The molecule has 2 amide bonds. The van der Waals surface area contributed by atoms with Crippen molar-refractivity contribution in [2.24, 2.45) is 10.8 Å². The Morgan fingerprint density at radius 1 is 1.41 bits per heavy atom. The second kappa shape index (κ2) is 5.81. The van der Waals surface area contributed by atoms with Crippen molar-refractivity contribution in [3.8, 4) is 0 Å². The summed E-state index contributed by atoms with van der Waals surface area (Å²) in [4.78, 5) is 27.1. The van der Waals surface area contributed by atoms with Gasteiger partial charge in [0.2, 0.25) is 11.8 Å². The van der Waals surface area contributed by atoms with Crippen LogP contribution in [0.25, 0.3) is 0 Å². The minimum absolute atomic E-state index is 0.0989. The number of ether oxygens (including phenoxy) is 1. The lowest BCUT2D eigenvalue weighted by Crippen LogP contribution is -2.64. The molecule has 124 valence electrons. The van der Waals surface area contributed by atoms with Crippen molar-refractivity contribution in [2.75, 3.05) is 33.4 Å². The predicted octanol–water partition coefficient (Wildman–Crippen LogP) is 0.293. The zero-order valence-corrected chi connectivity index (χ0v) is 13.3. The van der Waals surface area contributed by atoms with Crippen molar-refractivity contribution in [2.45, 2.75) is 44.6 Å². The SMILES string of the molecule is COCC1(C(=O)N2CCC(O)[C@@]3(CCCNC3=O)C2)CCC1. The quantitative estimate of drug-likeness (QED) is 0.785. The van der Waals surface area contributed by atoms with E-state index < -0.39 is 16.9 Å². The average Bonchev–Trinajstić information content (AvgIpc) is 2.48. The highest BCUT2D eigenvalue weighted by molar-refractivity contribution is 5.88. The number of piperidine rings is 2. The molecule has 2 N–H and O–H groups in total. The van der Waals surface area contributed by atoms with Crippen molar-refractivity contribution in [3.05, 3.63) is 0 Å². The Balaban J connectivity index is 1.78. The van der Waals surface area contributed by atoms with Gasteiger partial charge in [0.05, 0.1) is 23.5 Å². The third-order valence-corrected chi connectivity index (χ3v) is 5.79. The maximum atomic E-state index is 13.0. The Labute approximate surface area is 131 Å². The van der Waals surface area contributed by atoms with Crippen LogP contribution >= 0.6 is 0 Å². The van der Waals surface area contributed by atoms with Crippen LogP contribution in [0.5, 0.6) is 0 Å². The van der Waals surface area contributed by atoms with E-state index in [2.05, 4.69) is 5.32 Å². The van der Waals surface area contributed by atoms with Crippen LogP contribution in [0, 0.1) is 10.8 Å². The molecule has 3 fully saturated rings. The topological polar surface area (TPSA) is 78.9 Å². The summed E-state index contributed by atoms with van der Waals surface area (Å²) in [5.74, 6) is 0.00315. The van der Waals surface area contributed by atoms with Crippen LogP contribution in [0.15, 0.2) is 0 Å². The number of amides is 2. The van der Waals surface area contributed by atoms with Gasteiger partial charge in [0, 0.05) is 26.7 Å². The number of hydrogen-bond acceptors (Lipinski definition) is 4. The highest BCUT2D eigenvalue weighted by atomic mass is 16.5. The summed E-state index contributed by atoms with van der Waals surface area (Å²) in [6.07, 6.45) is 4.10. The second-order valence-corrected chi connectivity index (χ2v) is 7.11. The van der Waals surface area contributed by atoms with Gasteiger partial charge in [0.1, 0.15) is 0 Å². The molecule has 3 aliphatic rings. The van der Waals surface area contributed by atoms with Gasteiger partial charge in [-0.1, -0.05) is 6.42 Å². The van der Waals surface area contributed by atoms with Crippen LogP contribution in [-0.2, 0) is 14.3 Å². The molecular formula is C16H26N2O4. The number of nitrogens with zero attached hydrogens (tertiary/aromatic N) is 1. The van der Waals surface area contributed by atoms with E-state index in [0.29, 0.717) is 39.1 Å². The summed E-state index contributed by atoms with van der Waals surface area (Å²) in [6.45, 7) is 1.98. The molecule has 1 saturated carbocycles. The molecule has 0 bridgehead atoms. The van der Waals surface area contributed by atoms with Gasteiger partial charge in [-0.15, -0.1) is 0 Å². The lowest BCUT2D eigenvalue weighted by atomic mass is 9.66. The number of rotatable bonds is 3. The van der Waals surface area contributed by atoms with Crippen LogP contribution < -0.4 is 5.32 Å². The number of hydrogen-bond donors (Lipinski definition) is 2. The fourth-order valence-corrected chi connectivity index (χ4v) is 4.25. The van der Waals surface area contributed by atoms with E-state index in [1.807, 2.05) is 0 Å². The maximum absolute atomic E-state index is 13.0. The van der Waals surface area contributed by atoms with E-state index in [1.165, 1.54) is 0 Å². The van der Waals surface area contributed by atoms with Gasteiger partial charge in [-0.2, -0.15) is 0 Å². The fraction of sp³-hybridized carbons (Fsp3) is 0.875. The Bertz CT molecular complexity index is 463. The number of carbonyl (C=O) groups excluding carboxylic acids is 2. The van der Waals surface area contributed by atoms with E-state index in [1.54, 1.807) is 12.0 Å². The second-order valence-electron chi connectivity index (χ2n) is 7.11. The molecule has 0 radical (unpaired) electrons. The molecule has 1 unspecified atom stereocenters. The molecule has 22 heavy (non-hydrogen) atoms. The van der Waals surface area contributed by atoms with Gasteiger partial charge >= 0.3 is 0 Å². The molecule has 0 aromatic rings. The number of likely N-dealkylation sites (tertiary alicyclic amines) is 1. The third-order valence-electron chi connectivity index (χ3n) is 5.79. The van der Waals surface area contributed by atoms with Crippen molar-refractivity contribution in [3.63, 3.8) is 0 Å². The highest BCUT2D eigenvalue weighted by Crippen LogP contribution is 2.45. The molecule has 1 spiro atoms. The van der Waals surface area contributed by atoms with E-state index in [9.17, 15) is 14.7 Å².